The van der Waals surface area contributed by atoms with E-state index in [0.29, 0.717) is 49.9 Å². The average Bonchev–Trinajstić information content (AvgIpc) is 3.43. The molecule has 0 bridgehead atoms. The van der Waals surface area contributed by atoms with E-state index in [2.05, 4.69) is 10.3 Å². The SMILES string of the molecule is CC1(NC(=O)c2ccc(F)cc2)CCC2(CC1)CN2c1cc(C(F)(F)F)nc(C(F)(F)F)c1. The molecular formula is C22H20F7N3O. The Morgan fingerprint density at radius 2 is 1.45 bits per heavy atom. The van der Waals surface area contributed by atoms with Crippen molar-refractivity contribution in [3.63, 3.8) is 0 Å². The van der Waals surface area contributed by atoms with Crippen LogP contribution in [0.15, 0.2) is 36.4 Å². The minimum absolute atomic E-state index is 0.163. The van der Waals surface area contributed by atoms with Crippen molar-refractivity contribution in [3.8, 4) is 0 Å². The summed E-state index contributed by atoms with van der Waals surface area (Å²) in [5.74, 6) is -0.843. The van der Waals surface area contributed by atoms with Crippen molar-refractivity contribution in [3.05, 3.63) is 59.2 Å². The third-order valence-corrected chi connectivity index (χ3v) is 6.43. The van der Waals surface area contributed by atoms with Crippen molar-refractivity contribution in [1.82, 2.24) is 10.3 Å². The minimum atomic E-state index is -5.01. The predicted molar refractivity (Wildman–Crippen MR) is 105 cm³/mol. The average molecular weight is 475 g/mol. The molecule has 2 aliphatic rings. The van der Waals surface area contributed by atoms with E-state index in [1.165, 1.54) is 24.3 Å². The molecular weight excluding hydrogens is 455 g/mol. The molecule has 0 unspecified atom stereocenters. The fourth-order valence-corrected chi connectivity index (χ4v) is 4.35. The number of rotatable bonds is 3. The lowest BCUT2D eigenvalue weighted by atomic mass is 9.77. The maximum atomic E-state index is 13.1. The Labute approximate surface area is 184 Å². The maximum absolute atomic E-state index is 13.1. The van der Waals surface area contributed by atoms with Crippen molar-refractivity contribution in [2.45, 2.75) is 56.0 Å². The van der Waals surface area contributed by atoms with E-state index in [1.807, 2.05) is 6.92 Å². The van der Waals surface area contributed by atoms with Gasteiger partial charge in [-0.05, 0) is 69.0 Å². The van der Waals surface area contributed by atoms with E-state index >= 15 is 0 Å². The second-order valence-electron chi connectivity index (χ2n) is 8.92. The summed E-state index contributed by atoms with van der Waals surface area (Å²) in [5.41, 5.74) is -4.18. The van der Waals surface area contributed by atoms with Crippen LogP contribution in [0, 0.1) is 5.82 Å². The quantitative estimate of drug-likeness (QED) is 0.466. The number of halogens is 7. The van der Waals surface area contributed by atoms with E-state index in [1.54, 1.807) is 4.90 Å². The molecule has 1 aromatic heterocycles. The summed E-state index contributed by atoms with van der Waals surface area (Å²) < 4.78 is 91.8. The van der Waals surface area contributed by atoms with Gasteiger partial charge in [0, 0.05) is 23.3 Å². The minimum Gasteiger partial charge on any atom is -0.362 e. The van der Waals surface area contributed by atoms with Crippen LogP contribution in [0.3, 0.4) is 0 Å². The van der Waals surface area contributed by atoms with E-state index in [9.17, 15) is 35.5 Å². The Kier molecular flexibility index (Phi) is 5.37. The number of aromatic nitrogens is 1. The van der Waals surface area contributed by atoms with Crippen molar-refractivity contribution in [2.75, 3.05) is 11.4 Å². The standard InChI is InChI=1S/C22H20F7N3O/c1-19(31-18(33)13-2-4-14(23)5-3-13)6-8-20(9-7-19)12-32(20)15-10-16(21(24,25)26)30-17(11-15)22(27,28)29/h2-5,10-11H,6-9,12H2,1H3,(H,31,33). The molecule has 1 aliphatic carbocycles. The molecule has 4 rings (SSSR count). The highest BCUT2D eigenvalue weighted by atomic mass is 19.4. The van der Waals surface area contributed by atoms with Gasteiger partial charge in [0.1, 0.15) is 17.2 Å². The molecule has 0 atom stereocenters. The normalized spacial score (nSPS) is 25.3. The van der Waals surface area contributed by atoms with Crippen LogP contribution in [0.5, 0.6) is 0 Å². The first-order chi connectivity index (χ1) is 15.2. The molecule has 2 aromatic rings. The molecule has 1 aliphatic heterocycles. The Hall–Kier alpha value is -2.85. The Bertz CT molecular complexity index is 1020. The lowest BCUT2D eigenvalue weighted by molar-refractivity contribution is -0.150. The van der Waals surface area contributed by atoms with Crippen molar-refractivity contribution >= 4 is 11.6 Å². The molecule has 33 heavy (non-hydrogen) atoms. The highest BCUT2D eigenvalue weighted by Crippen LogP contribution is 2.51. The predicted octanol–water partition coefficient (Wildman–Crippen LogP) is 5.58. The van der Waals surface area contributed by atoms with Gasteiger partial charge < -0.3 is 10.2 Å². The molecule has 1 N–H and O–H groups in total. The molecule has 178 valence electrons. The second-order valence-corrected chi connectivity index (χ2v) is 8.92. The summed E-state index contributed by atoms with van der Waals surface area (Å²) in [5, 5.41) is 2.92. The van der Waals surface area contributed by atoms with E-state index < -0.39 is 40.6 Å². The number of benzene rings is 1. The van der Waals surface area contributed by atoms with Gasteiger partial charge in [-0.25, -0.2) is 9.37 Å². The monoisotopic (exact) mass is 475 g/mol. The van der Waals surface area contributed by atoms with Crippen LogP contribution in [0.2, 0.25) is 0 Å². The Balaban J connectivity index is 1.47. The van der Waals surface area contributed by atoms with Crippen LogP contribution >= 0.6 is 0 Å². The molecule has 1 spiro atoms. The fraction of sp³-hybridized carbons (Fsp3) is 0.455. The molecule has 0 radical (unpaired) electrons. The maximum Gasteiger partial charge on any atom is 0.433 e. The van der Waals surface area contributed by atoms with Gasteiger partial charge in [-0.3, -0.25) is 4.79 Å². The van der Waals surface area contributed by atoms with Gasteiger partial charge in [-0.1, -0.05) is 0 Å². The van der Waals surface area contributed by atoms with Gasteiger partial charge in [0.2, 0.25) is 0 Å². The van der Waals surface area contributed by atoms with Gasteiger partial charge in [0.25, 0.3) is 5.91 Å². The number of carbonyl (C=O) groups is 1. The smallest absolute Gasteiger partial charge is 0.362 e. The summed E-state index contributed by atoms with van der Waals surface area (Å²) >= 11 is 0. The number of nitrogens with one attached hydrogen (secondary N) is 1. The van der Waals surface area contributed by atoms with E-state index in [4.69, 9.17) is 0 Å². The van der Waals surface area contributed by atoms with Crippen LogP contribution in [0.1, 0.15) is 54.4 Å². The van der Waals surface area contributed by atoms with Crippen molar-refractivity contribution < 1.29 is 35.5 Å². The molecule has 1 saturated heterocycles. The van der Waals surface area contributed by atoms with Gasteiger partial charge in [0.15, 0.2) is 0 Å². The van der Waals surface area contributed by atoms with Gasteiger partial charge in [-0.15, -0.1) is 0 Å². The Morgan fingerprint density at radius 1 is 0.939 bits per heavy atom. The zero-order valence-electron chi connectivity index (χ0n) is 17.4. The number of carbonyl (C=O) groups excluding carboxylic acids is 1. The third kappa shape index (κ3) is 4.77. The summed E-state index contributed by atoms with van der Waals surface area (Å²) in [6.45, 7) is 2.16. The Morgan fingerprint density at radius 3 is 1.94 bits per heavy atom. The first-order valence-electron chi connectivity index (χ1n) is 10.2. The van der Waals surface area contributed by atoms with Crippen molar-refractivity contribution in [1.29, 1.82) is 0 Å². The number of hydrogen-bond acceptors (Lipinski definition) is 3. The number of anilines is 1. The van der Waals surface area contributed by atoms with E-state index in [0.717, 1.165) is 0 Å². The second kappa shape index (κ2) is 7.59. The highest BCUT2D eigenvalue weighted by molar-refractivity contribution is 5.94. The highest BCUT2D eigenvalue weighted by Gasteiger charge is 2.56. The van der Waals surface area contributed by atoms with Crippen LogP contribution < -0.4 is 10.2 Å². The number of alkyl halides is 6. The molecule has 1 amide bonds. The van der Waals surface area contributed by atoms with Crippen LogP contribution in [0.25, 0.3) is 0 Å². The molecule has 2 heterocycles. The zero-order valence-corrected chi connectivity index (χ0v) is 17.4. The summed E-state index contributed by atoms with van der Waals surface area (Å²) in [7, 11) is 0. The number of amides is 1. The molecule has 2 fully saturated rings. The number of nitrogens with zero attached hydrogens (tertiary/aromatic N) is 2. The topological polar surface area (TPSA) is 45.0 Å². The summed E-state index contributed by atoms with van der Waals surface area (Å²) in [4.78, 5) is 16.8. The lowest BCUT2D eigenvalue weighted by Gasteiger charge is -2.38. The van der Waals surface area contributed by atoms with E-state index in [-0.39, 0.29) is 11.6 Å². The molecule has 11 heteroatoms. The first kappa shape index (κ1) is 23.3. The fourth-order valence-electron chi connectivity index (χ4n) is 4.35. The van der Waals surface area contributed by atoms with Crippen molar-refractivity contribution in [2.24, 2.45) is 0 Å². The molecule has 1 saturated carbocycles. The summed E-state index contributed by atoms with van der Waals surface area (Å²) in [6.07, 6.45) is -8.07. The van der Waals surface area contributed by atoms with Gasteiger partial charge in [-0.2, -0.15) is 26.3 Å². The number of hydrogen-bond donors (Lipinski definition) is 1. The van der Waals surface area contributed by atoms with Crippen LogP contribution in [-0.2, 0) is 12.4 Å². The van der Waals surface area contributed by atoms with Crippen LogP contribution in [-0.4, -0.2) is 28.5 Å². The zero-order chi connectivity index (χ0) is 24.2. The summed E-state index contributed by atoms with van der Waals surface area (Å²) in [6, 6.07) is 6.37. The lowest BCUT2D eigenvalue weighted by Crippen LogP contribution is -2.50. The largest absolute Gasteiger partial charge is 0.433 e. The molecule has 1 aromatic carbocycles. The number of pyridine rings is 1. The first-order valence-corrected chi connectivity index (χ1v) is 10.2. The van der Waals surface area contributed by atoms with Gasteiger partial charge >= 0.3 is 12.4 Å². The van der Waals surface area contributed by atoms with Crippen LogP contribution in [0.4, 0.5) is 36.4 Å². The van der Waals surface area contributed by atoms with Gasteiger partial charge in [0.05, 0.1) is 5.54 Å². The third-order valence-electron chi connectivity index (χ3n) is 6.43. The molecule has 4 nitrogen and oxygen atoms in total.